The zero-order chi connectivity index (χ0) is 22.4. The molecule has 0 bridgehead atoms. The molecule has 0 aliphatic carbocycles. The quantitative estimate of drug-likeness (QED) is 0.398. The van der Waals surface area contributed by atoms with Gasteiger partial charge in [0.2, 0.25) is 5.91 Å². The number of anilines is 1. The Bertz CT molecular complexity index is 1110. The van der Waals surface area contributed by atoms with Gasteiger partial charge in [-0.15, -0.1) is 6.58 Å². The predicted octanol–water partition coefficient (Wildman–Crippen LogP) is 2.05. The molecule has 0 radical (unpaired) electrons. The minimum atomic E-state index is -1.06. The number of carbonyl (C=O) groups is 4. The van der Waals surface area contributed by atoms with E-state index < -0.39 is 30.3 Å². The number of hydrogen-bond donors (Lipinski definition) is 1. The number of nitrogens with zero attached hydrogens (tertiary/aromatic N) is 3. The Balaban J connectivity index is 1.60. The summed E-state index contributed by atoms with van der Waals surface area (Å²) in [4.78, 5) is 49.6. The number of rotatable bonds is 8. The molecule has 3 rings (SSSR count). The number of hydrogen-bond acceptors (Lipinski definition) is 6. The molecule has 1 fully saturated rings. The van der Waals surface area contributed by atoms with E-state index in [-0.39, 0.29) is 13.2 Å². The van der Waals surface area contributed by atoms with Crippen molar-refractivity contribution in [2.24, 2.45) is 0 Å². The smallest absolute Gasteiger partial charge is 0.335 e. The standard InChI is InChI=1S/C22H18N4O5/c1-2-9-25-20(28)21(29)26(22(25)30)13-19(27)24-17-7-4-8-18(11-17)31-14-16-6-3-5-15(10-16)12-23/h2-8,10-11H,1,9,13-14H2,(H,24,27). The van der Waals surface area contributed by atoms with Crippen LogP contribution in [0.1, 0.15) is 11.1 Å². The third kappa shape index (κ3) is 4.94. The number of nitrogens with one attached hydrogen (secondary N) is 1. The lowest BCUT2D eigenvalue weighted by atomic mass is 10.1. The molecule has 1 aliphatic heterocycles. The minimum Gasteiger partial charge on any atom is -0.489 e. The Morgan fingerprint density at radius 1 is 1.10 bits per heavy atom. The van der Waals surface area contributed by atoms with E-state index in [4.69, 9.17) is 10.00 Å². The first-order valence-corrected chi connectivity index (χ1v) is 9.23. The molecule has 9 nitrogen and oxygen atoms in total. The van der Waals surface area contributed by atoms with Crippen LogP contribution in [0, 0.1) is 11.3 Å². The minimum absolute atomic E-state index is 0.113. The Labute approximate surface area is 178 Å². The first-order valence-electron chi connectivity index (χ1n) is 9.23. The summed E-state index contributed by atoms with van der Waals surface area (Å²) in [5.74, 6) is -2.22. The summed E-state index contributed by atoms with van der Waals surface area (Å²) < 4.78 is 5.70. The fourth-order valence-corrected chi connectivity index (χ4v) is 2.88. The zero-order valence-corrected chi connectivity index (χ0v) is 16.4. The van der Waals surface area contributed by atoms with Crippen LogP contribution in [0.25, 0.3) is 0 Å². The van der Waals surface area contributed by atoms with Gasteiger partial charge in [0.05, 0.1) is 11.6 Å². The SMILES string of the molecule is C=CCN1C(=O)C(=O)N(CC(=O)Nc2cccc(OCc3cccc(C#N)c3)c2)C1=O. The van der Waals surface area contributed by atoms with Crippen molar-refractivity contribution in [2.75, 3.05) is 18.4 Å². The molecule has 5 amide bonds. The van der Waals surface area contributed by atoms with Crippen molar-refractivity contribution in [1.29, 1.82) is 5.26 Å². The monoisotopic (exact) mass is 418 g/mol. The first kappa shape index (κ1) is 21.3. The van der Waals surface area contributed by atoms with Crippen LogP contribution in [0.5, 0.6) is 5.75 Å². The average molecular weight is 418 g/mol. The van der Waals surface area contributed by atoms with E-state index in [2.05, 4.69) is 18.0 Å². The molecule has 1 heterocycles. The summed E-state index contributed by atoms with van der Waals surface area (Å²) >= 11 is 0. The number of urea groups is 1. The van der Waals surface area contributed by atoms with Crippen LogP contribution in [0.2, 0.25) is 0 Å². The number of nitriles is 1. The predicted molar refractivity (Wildman–Crippen MR) is 110 cm³/mol. The van der Waals surface area contributed by atoms with Gasteiger partial charge in [-0.25, -0.2) is 9.69 Å². The molecule has 2 aromatic rings. The van der Waals surface area contributed by atoms with Crippen LogP contribution in [0.15, 0.2) is 61.2 Å². The summed E-state index contributed by atoms with van der Waals surface area (Å²) in [7, 11) is 0. The molecule has 0 unspecified atom stereocenters. The van der Waals surface area contributed by atoms with Crippen molar-refractivity contribution in [3.63, 3.8) is 0 Å². The van der Waals surface area contributed by atoms with Crippen LogP contribution in [-0.4, -0.2) is 46.6 Å². The van der Waals surface area contributed by atoms with Crippen molar-refractivity contribution in [3.05, 3.63) is 72.3 Å². The summed E-state index contributed by atoms with van der Waals surface area (Å²) in [6, 6.07) is 14.8. The van der Waals surface area contributed by atoms with Gasteiger partial charge in [-0.1, -0.05) is 24.3 Å². The van der Waals surface area contributed by atoms with Gasteiger partial charge in [-0.05, 0) is 29.8 Å². The van der Waals surface area contributed by atoms with Crippen molar-refractivity contribution < 1.29 is 23.9 Å². The summed E-state index contributed by atoms with van der Waals surface area (Å²) in [6.45, 7) is 2.95. The van der Waals surface area contributed by atoms with E-state index >= 15 is 0 Å². The van der Waals surface area contributed by atoms with Gasteiger partial charge >= 0.3 is 17.8 Å². The van der Waals surface area contributed by atoms with Gasteiger partial charge in [0.25, 0.3) is 0 Å². The van der Waals surface area contributed by atoms with E-state index in [1.807, 2.05) is 6.07 Å². The highest BCUT2D eigenvalue weighted by Crippen LogP contribution is 2.19. The van der Waals surface area contributed by atoms with Gasteiger partial charge in [0, 0.05) is 18.3 Å². The molecule has 2 aromatic carbocycles. The highest BCUT2D eigenvalue weighted by Gasteiger charge is 2.44. The van der Waals surface area contributed by atoms with Gasteiger partial charge in [-0.2, -0.15) is 5.26 Å². The van der Waals surface area contributed by atoms with Crippen molar-refractivity contribution in [1.82, 2.24) is 9.80 Å². The molecule has 156 valence electrons. The maximum absolute atomic E-state index is 12.3. The topological polar surface area (TPSA) is 120 Å². The highest BCUT2D eigenvalue weighted by atomic mass is 16.5. The molecule has 1 aliphatic rings. The van der Waals surface area contributed by atoms with E-state index in [0.29, 0.717) is 21.9 Å². The fraction of sp³-hybridized carbons (Fsp3) is 0.136. The Kier molecular flexibility index (Phi) is 6.42. The maximum Gasteiger partial charge on any atom is 0.335 e. The average Bonchev–Trinajstić information content (AvgIpc) is 2.96. The lowest BCUT2D eigenvalue weighted by molar-refractivity contribution is -0.143. The molecular formula is C22H18N4O5. The largest absolute Gasteiger partial charge is 0.489 e. The van der Waals surface area contributed by atoms with Gasteiger partial charge < -0.3 is 10.1 Å². The Hall–Kier alpha value is -4.45. The van der Waals surface area contributed by atoms with Crippen LogP contribution in [-0.2, 0) is 21.0 Å². The summed E-state index contributed by atoms with van der Waals surface area (Å²) in [5.41, 5.74) is 1.73. The van der Waals surface area contributed by atoms with Crippen molar-refractivity contribution >= 4 is 29.4 Å². The fourth-order valence-electron chi connectivity index (χ4n) is 2.88. The molecule has 0 spiro atoms. The van der Waals surface area contributed by atoms with Crippen LogP contribution in [0.4, 0.5) is 10.5 Å². The van der Waals surface area contributed by atoms with E-state index in [0.717, 1.165) is 10.5 Å². The van der Waals surface area contributed by atoms with Crippen molar-refractivity contribution in [3.8, 4) is 11.8 Å². The van der Waals surface area contributed by atoms with Gasteiger partial charge in [0.1, 0.15) is 18.9 Å². The molecular weight excluding hydrogens is 400 g/mol. The number of amides is 5. The Morgan fingerprint density at radius 3 is 2.58 bits per heavy atom. The van der Waals surface area contributed by atoms with Gasteiger partial charge in [-0.3, -0.25) is 19.3 Å². The third-order valence-corrected chi connectivity index (χ3v) is 4.33. The lowest BCUT2D eigenvalue weighted by Crippen LogP contribution is -2.39. The normalized spacial score (nSPS) is 13.2. The lowest BCUT2D eigenvalue weighted by Gasteiger charge is -2.14. The second kappa shape index (κ2) is 9.37. The molecule has 31 heavy (non-hydrogen) atoms. The number of imide groups is 2. The maximum atomic E-state index is 12.3. The molecule has 9 heteroatoms. The highest BCUT2D eigenvalue weighted by molar-refractivity contribution is 6.45. The second-order valence-electron chi connectivity index (χ2n) is 6.56. The van der Waals surface area contributed by atoms with E-state index in [1.54, 1.807) is 42.5 Å². The summed E-state index contributed by atoms with van der Waals surface area (Å²) in [5, 5.41) is 11.5. The number of carbonyl (C=O) groups excluding carboxylic acids is 4. The number of ether oxygens (including phenoxy) is 1. The van der Waals surface area contributed by atoms with Crippen LogP contribution < -0.4 is 10.1 Å². The third-order valence-electron chi connectivity index (χ3n) is 4.33. The molecule has 0 saturated carbocycles. The second-order valence-corrected chi connectivity index (χ2v) is 6.56. The van der Waals surface area contributed by atoms with Crippen LogP contribution in [0.3, 0.4) is 0 Å². The zero-order valence-electron chi connectivity index (χ0n) is 16.4. The molecule has 1 N–H and O–H groups in total. The number of benzene rings is 2. The summed E-state index contributed by atoms with van der Waals surface area (Å²) in [6.07, 6.45) is 1.31. The van der Waals surface area contributed by atoms with E-state index in [1.165, 1.54) is 6.08 Å². The van der Waals surface area contributed by atoms with Crippen LogP contribution >= 0.6 is 0 Å². The first-order chi connectivity index (χ1) is 14.9. The van der Waals surface area contributed by atoms with Crippen molar-refractivity contribution in [2.45, 2.75) is 6.61 Å². The Morgan fingerprint density at radius 2 is 1.84 bits per heavy atom. The van der Waals surface area contributed by atoms with E-state index in [9.17, 15) is 19.2 Å². The molecule has 1 saturated heterocycles. The molecule has 0 aromatic heterocycles. The van der Waals surface area contributed by atoms with Gasteiger partial charge in [0.15, 0.2) is 0 Å². The molecule has 0 atom stereocenters.